The highest BCUT2D eigenvalue weighted by Gasteiger charge is 2.21. The molecule has 0 saturated heterocycles. The van der Waals surface area contributed by atoms with E-state index in [-0.39, 0.29) is 64.6 Å². The van der Waals surface area contributed by atoms with Gasteiger partial charge in [-0.05, 0) is 78.2 Å². The molecule has 0 atom stereocenters. The number of benzene rings is 6. The average Bonchev–Trinajstić information content (AvgIpc) is 3.19. The number of nitrogens with one attached hydrogen (secondary N) is 2. The van der Waals surface area contributed by atoms with Crippen LogP contribution in [-0.2, 0) is 18.0 Å². The molecule has 12 nitrogen and oxygen atoms in total. The van der Waals surface area contributed by atoms with E-state index >= 15 is 0 Å². The van der Waals surface area contributed by atoms with Crippen molar-refractivity contribution in [2.45, 2.75) is 33.2 Å². The molecule has 0 radical (unpaired) electrons. The molecule has 12 heteroatoms. The Hall–Kier alpha value is -7.21. The first-order valence-electron chi connectivity index (χ1n) is 17.3. The molecule has 278 valence electrons. The molecule has 2 N–H and O–H groups in total. The van der Waals surface area contributed by atoms with Crippen LogP contribution in [0.1, 0.15) is 56.0 Å². The summed E-state index contributed by atoms with van der Waals surface area (Å²) in [5.41, 5.74) is 2.51. The maximum absolute atomic E-state index is 13.7. The minimum Gasteiger partial charge on any atom is -0.489 e. The van der Waals surface area contributed by atoms with Crippen LogP contribution in [0.5, 0.6) is 17.2 Å². The van der Waals surface area contributed by atoms with Crippen LogP contribution in [0.3, 0.4) is 0 Å². The molecule has 6 aromatic rings. The Morgan fingerprint density at radius 1 is 0.655 bits per heavy atom. The molecule has 0 aliphatic rings. The van der Waals surface area contributed by atoms with Crippen LogP contribution in [0.2, 0.25) is 0 Å². The van der Waals surface area contributed by atoms with Crippen molar-refractivity contribution >= 4 is 45.6 Å². The number of hydrogen-bond acceptors (Lipinski definition) is 9. The van der Waals surface area contributed by atoms with Gasteiger partial charge < -0.3 is 29.6 Å². The van der Waals surface area contributed by atoms with E-state index in [4.69, 9.17) is 18.9 Å². The lowest BCUT2D eigenvalue weighted by Gasteiger charge is -2.17. The van der Waals surface area contributed by atoms with Gasteiger partial charge in [0, 0.05) is 23.3 Å². The Morgan fingerprint density at radius 3 is 1.93 bits per heavy atom. The van der Waals surface area contributed by atoms with E-state index in [1.165, 1.54) is 55.6 Å². The van der Waals surface area contributed by atoms with Crippen molar-refractivity contribution in [3.05, 3.63) is 165 Å². The summed E-state index contributed by atoms with van der Waals surface area (Å²) in [6, 6.07) is 35.8. The number of amides is 2. The van der Waals surface area contributed by atoms with Gasteiger partial charge in [-0.3, -0.25) is 19.7 Å². The molecule has 0 aliphatic carbocycles. The van der Waals surface area contributed by atoms with E-state index in [9.17, 15) is 24.5 Å². The zero-order chi connectivity index (χ0) is 38.9. The topological polar surface area (TPSA) is 155 Å². The zero-order valence-corrected chi connectivity index (χ0v) is 30.2. The Labute approximate surface area is 316 Å². The summed E-state index contributed by atoms with van der Waals surface area (Å²) in [6.07, 6.45) is -0.257. The number of rotatable bonds is 14. The van der Waals surface area contributed by atoms with Crippen molar-refractivity contribution in [1.29, 1.82) is 0 Å². The smallest absolute Gasteiger partial charge is 0.337 e. The number of hydrogen-bond donors (Lipinski definition) is 2. The Morgan fingerprint density at radius 2 is 1.24 bits per heavy atom. The van der Waals surface area contributed by atoms with Crippen molar-refractivity contribution in [2.75, 3.05) is 17.7 Å². The third kappa shape index (κ3) is 9.24. The van der Waals surface area contributed by atoms with Gasteiger partial charge in [0.05, 0.1) is 35.1 Å². The number of nitro groups is 1. The summed E-state index contributed by atoms with van der Waals surface area (Å²) < 4.78 is 22.8. The number of esters is 1. The molecule has 6 rings (SSSR count). The number of fused-ring (bicyclic) bond motifs is 1. The number of ether oxygens (including phenoxy) is 4. The number of nitrogens with zero attached hydrogens (tertiary/aromatic N) is 1. The summed E-state index contributed by atoms with van der Waals surface area (Å²) in [4.78, 5) is 50.8. The quantitative estimate of drug-likeness (QED) is 0.0633. The molecule has 0 unspecified atom stereocenters. The summed E-state index contributed by atoms with van der Waals surface area (Å²) in [6.45, 7) is 3.79. The second-order valence-corrected chi connectivity index (χ2v) is 12.6. The predicted molar refractivity (Wildman–Crippen MR) is 208 cm³/mol. The molecule has 0 aromatic heterocycles. The summed E-state index contributed by atoms with van der Waals surface area (Å²) in [5, 5.41) is 19.5. The van der Waals surface area contributed by atoms with Crippen LogP contribution in [0, 0.1) is 10.1 Å². The lowest BCUT2D eigenvalue weighted by atomic mass is 10.1. The van der Waals surface area contributed by atoms with E-state index in [2.05, 4.69) is 10.6 Å². The minimum absolute atomic E-state index is 0.0365. The molecule has 0 heterocycles. The predicted octanol–water partition coefficient (Wildman–Crippen LogP) is 8.98. The highest BCUT2D eigenvalue weighted by molar-refractivity contribution is 6.08. The largest absolute Gasteiger partial charge is 0.489 e. The standard InChI is InChI=1S/C43H37N3O9/c1-27(2)55-39-24-32(43(49)52-3)17-20-36(39)45-41(47)30-16-19-35(38(22-30)53-25-28-10-5-4-6-11-28)44-42(48)31-18-21-37(46(50)51)40(23-31)54-26-33-14-9-13-29-12-7-8-15-34(29)33/h4-24,27H,25-26H2,1-3H3,(H,44,48)(H,45,47). The number of methoxy groups -OCH3 is 1. The average molecular weight is 740 g/mol. The van der Waals surface area contributed by atoms with Crippen molar-refractivity contribution in [2.24, 2.45) is 0 Å². The number of nitro benzene ring substituents is 1. The molecule has 0 bridgehead atoms. The number of carbonyl (C=O) groups is 3. The van der Waals surface area contributed by atoms with Gasteiger partial charge in [-0.2, -0.15) is 0 Å². The molecule has 0 saturated carbocycles. The maximum Gasteiger partial charge on any atom is 0.337 e. The van der Waals surface area contributed by atoms with E-state index in [0.717, 1.165) is 21.9 Å². The van der Waals surface area contributed by atoms with Crippen LogP contribution in [-0.4, -0.2) is 35.9 Å². The molecule has 55 heavy (non-hydrogen) atoms. The summed E-state index contributed by atoms with van der Waals surface area (Å²) in [5.74, 6) is -1.25. The lowest BCUT2D eigenvalue weighted by Crippen LogP contribution is -2.17. The van der Waals surface area contributed by atoms with E-state index in [1.807, 2.05) is 86.6 Å². The number of carbonyl (C=O) groups excluding carboxylic acids is 3. The molecule has 0 fully saturated rings. The van der Waals surface area contributed by atoms with E-state index < -0.39 is 22.7 Å². The lowest BCUT2D eigenvalue weighted by molar-refractivity contribution is -0.385. The van der Waals surface area contributed by atoms with Crippen LogP contribution in [0.25, 0.3) is 10.8 Å². The Kier molecular flexibility index (Phi) is 11.7. The van der Waals surface area contributed by atoms with E-state index in [1.54, 1.807) is 6.07 Å². The van der Waals surface area contributed by atoms with Crippen molar-refractivity contribution in [1.82, 2.24) is 0 Å². The first-order chi connectivity index (χ1) is 26.6. The monoisotopic (exact) mass is 739 g/mol. The SMILES string of the molecule is COC(=O)c1ccc(NC(=O)c2ccc(NC(=O)c3ccc([N+](=O)[O-])c(OCc4cccc5ccccc45)c3)c(OCc3ccccc3)c2)c(OC(C)C)c1. The summed E-state index contributed by atoms with van der Waals surface area (Å²) >= 11 is 0. The summed E-state index contributed by atoms with van der Waals surface area (Å²) in [7, 11) is 1.27. The van der Waals surface area contributed by atoms with Gasteiger partial charge in [-0.15, -0.1) is 0 Å². The van der Waals surface area contributed by atoms with Crippen molar-refractivity contribution in [3.8, 4) is 17.2 Å². The van der Waals surface area contributed by atoms with Crippen LogP contribution >= 0.6 is 0 Å². The fourth-order valence-corrected chi connectivity index (χ4v) is 5.73. The Balaban J connectivity index is 1.26. The fourth-order valence-electron chi connectivity index (χ4n) is 5.73. The van der Waals surface area contributed by atoms with Gasteiger partial charge in [0.2, 0.25) is 0 Å². The van der Waals surface area contributed by atoms with Crippen LogP contribution in [0.15, 0.2) is 127 Å². The molecular formula is C43H37N3O9. The molecule has 0 spiro atoms. The number of anilines is 2. The van der Waals surface area contributed by atoms with Crippen LogP contribution in [0.4, 0.5) is 17.1 Å². The van der Waals surface area contributed by atoms with E-state index in [0.29, 0.717) is 5.69 Å². The normalized spacial score (nSPS) is 10.8. The highest BCUT2D eigenvalue weighted by atomic mass is 16.6. The minimum atomic E-state index is -0.590. The fraction of sp³-hybridized carbons (Fsp3) is 0.140. The van der Waals surface area contributed by atoms with Crippen LogP contribution < -0.4 is 24.8 Å². The van der Waals surface area contributed by atoms with Gasteiger partial charge in [0.15, 0.2) is 5.75 Å². The zero-order valence-electron chi connectivity index (χ0n) is 30.2. The first kappa shape index (κ1) is 37.5. The third-order valence-electron chi connectivity index (χ3n) is 8.42. The van der Waals surface area contributed by atoms with Gasteiger partial charge in [0.25, 0.3) is 11.8 Å². The van der Waals surface area contributed by atoms with Crippen molar-refractivity contribution < 1.29 is 38.3 Å². The van der Waals surface area contributed by atoms with Gasteiger partial charge in [0.1, 0.15) is 24.7 Å². The third-order valence-corrected chi connectivity index (χ3v) is 8.42. The van der Waals surface area contributed by atoms with Gasteiger partial charge in [-0.25, -0.2) is 4.79 Å². The molecule has 6 aromatic carbocycles. The second-order valence-electron chi connectivity index (χ2n) is 12.6. The molecule has 2 amide bonds. The van der Waals surface area contributed by atoms with Gasteiger partial charge in [-0.1, -0.05) is 72.8 Å². The molecular weight excluding hydrogens is 702 g/mol. The maximum atomic E-state index is 13.7. The highest BCUT2D eigenvalue weighted by Crippen LogP contribution is 2.33. The Bertz CT molecular complexity index is 2370. The molecule has 0 aliphatic heterocycles. The van der Waals surface area contributed by atoms with Gasteiger partial charge >= 0.3 is 11.7 Å². The van der Waals surface area contributed by atoms with Crippen molar-refractivity contribution in [3.63, 3.8) is 0 Å². The second kappa shape index (κ2) is 17.1. The first-order valence-corrected chi connectivity index (χ1v) is 17.3.